The summed E-state index contributed by atoms with van der Waals surface area (Å²) in [5.74, 6) is -5.40. The van der Waals surface area contributed by atoms with E-state index < -0.39 is 51.1 Å². The number of nitrogens with zero attached hydrogens (tertiary/aromatic N) is 2. The molecule has 0 radical (unpaired) electrons. The predicted octanol–water partition coefficient (Wildman–Crippen LogP) is 4.71. The van der Waals surface area contributed by atoms with Crippen LogP contribution in [0.15, 0.2) is 84.4 Å². The zero-order valence-electron chi connectivity index (χ0n) is 25.5. The lowest BCUT2D eigenvalue weighted by Gasteiger charge is -2.50. The molecule has 4 amide bonds. The standard InChI is InChI=1S/C36H31Cl2FN2O7/c37-35-19-28-26(13-14-27-29(28)32(45)40(31(27)44)16-15-20-1-9-24(43)10-2-20)30(21-3-11-25(12-4-21)48-18-17-42)36(35,38)34(47)41(33(35)46)23-7-5-22(39)6-8-23/h1-13,27-30,42-43H,14-19H2. The van der Waals surface area contributed by atoms with Crippen LogP contribution < -0.4 is 9.64 Å². The zero-order chi connectivity index (χ0) is 34.0. The number of aliphatic hydroxyl groups is 1. The van der Waals surface area contributed by atoms with Gasteiger partial charge in [0, 0.05) is 12.5 Å². The summed E-state index contributed by atoms with van der Waals surface area (Å²) in [7, 11) is 0. The number of alkyl halides is 2. The Morgan fingerprint density at radius 2 is 1.56 bits per heavy atom. The third kappa shape index (κ3) is 4.83. The number of amides is 4. The van der Waals surface area contributed by atoms with Crippen molar-refractivity contribution in [2.75, 3.05) is 24.7 Å². The molecule has 0 spiro atoms. The van der Waals surface area contributed by atoms with Gasteiger partial charge in [0.25, 0.3) is 11.8 Å². The van der Waals surface area contributed by atoms with Crippen molar-refractivity contribution in [1.82, 2.24) is 4.90 Å². The second-order valence-corrected chi connectivity index (χ2v) is 13.9. The molecule has 3 fully saturated rings. The van der Waals surface area contributed by atoms with Crippen molar-refractivity contribution in [3.63, 3.8) is 0 Å². The van der Waals surface area contributed by atoms with Gasteiger partial charge in [-0.2, -0.15) is 0 Å². The van der Waals surface area contributed by atoms with Crippen LogP contribution in [0.2, 0.25) is 0 Å². The van der Waals surface area contributed by atoms with Crippen LogP contribution >= 0.6 is 23.2 Å². The maximum absolute atomic E-state index is 14.4. The van der Waals surface area contributed by atoms with Crippen molar-refractivity contribution < 1.29 is 38.5 Å². The Kier molecular flexibility index (Phi) is 8.09. The number of aromatic hydroxyl groups is 1. The normalized spacial score (nSPS) is 29.5. The molecule has 2 saturated heterocycles. The van der Waals surface area contributed by atoms with Gasteiger partial charge in [-0.25, -0.2) is 9.29 Å². The summed E-state index contributed by atoms with van der Waals surface area (Å²) < 4.78 is 19.4. The number of aliphatic hydroxyl groups excluding tert-OH is 1. The Bertz CT molecular complexity index is 1830. The fraction of sp³-hybridized carbons (Fsp3) is 0.333. The van der Waals surface area contributed by atoms with Gasteiger partial charge in [-0.05, 0) is 84.8 Å². The number of rotatable bonds is 8. The highest BCUT2D eigenvalue weighted by Gasteiger charge is 2.76. The number of phenolic OH excluding ortho intramolecular Hbond substituents is 1. The molecule has 6 unspecified atom stereocenters. The van der Waals surface area contributed by atoms with E-state index in [0.29, 0.717) is 23.3 Å². The first kappa shape index (κ1) is 32.3. The molecule has 248 valence electrons. The number of phenols is 1. The number of ether oxygens (including phenoxy) is 1. The molecule has 1 saturated carbocycles. The molecule has 0 bridgehead atoms. The van der Waals surface area contributed by atoms with Gasteiger partial charge in [-0.3, -0.25) is 24.1 Å². The van der Waals surface area contributed by atoms with E-state index in [-0.39, 0.29) is 55.9 Å². The number of halogens is 3. The van der Waals surface area contributed by atoms with E-state index in [1.54, 1.807) is 48.5 Å². The van der Waals surface area contributed by atoms with Crippen LogP contribution in [0.3, 0.4) is 0 Å². The number of allylic oxidation sites excluding steroid dienone is 2. The van der Waals surface area contributed by atoms with Crippen LogP contribution in [0.4, 0.5) is 10.1 Å². The van der Waals surface area contributed by atoms with Gasteiger partial charge in [-0.15, -0.1) is 23.2 Å². The first-order valence-corrected chi connectivity index (χ1v) is 16.4. The molecular formula is C36H31Cl2FN2O7. The van der Waals surface area contributed by atoms with Gasteiger partial charge in [0.1, 0.15) is 23.9 Å². The van der Waals surface area contributed by atoms with Crippen LogP contribution in [0.25, 0.3) is 0 Å². The number of anilines is 1. The Morgan fingerprint density at radius 3 is 2.23 bits per heavy atom. The van der Waals surface area contributed by atoms with Gasteiger partial charge >= 0.3 is 0 Å². The largest absolute Gasteiger partial charge is 0.508 e. The lowest BCUT2D eigenvalue weighted by molar-refractivity contribution is -0.140. The van der Waals surface area contributed by atoms with Crippen molar-refractivity contribution >= 4 is 52.5 Å². The average Bonchev–Trinajstić information content (AvgIpc) is 3.41. The number of hydrogen-bond acceptors (Lipinski definition) is 7. The van der Waals surface area contributed by atoms with E-state index in [0.717, 1.165) is 22.6 Å². The lowest BCUT2D eigenvalue weighted by atomic mass is 9.56. The molecule has 2 heterocycles. The third-order valence-corrected chi connectivity index (χ3v) is 11.5. The molecule has 3 aromatic rings. The van der Waals surface area contributed by atoms with Crippen molar-refractivity contribution in [2.24, 2.45) is 17.8 Å². The van der Waals surface area contributed by atoms with Crippen molar-refractivity contribution in [2.45, 2.75) is 34.9 Å². The maximum atomic E-state index is 14.4. The van der Waals surface area contributed by atoms with E-state index in [9.17, 15) is 33.8 Å². The van der Waals surface area contributed by atoms with Crippen LogP contribution in [-0.4, -0.2) is 68.2 Å². The van der Waals surface area contributed by atoms with Crippen LogP contribution in [0.1, 0.15) is 29.9 Å². The van der Waals surface area contributed by atoms with Gasteiger partial charge in [0.05, 0.1) is 24.1 Å². The number of benzene rings is 3. The Balaban J connectivity index is 1.29. The summed E-state index contributed by atoms with van der Waals surface area (Å²) in [5.41, 5.74) is 2.14. The predicted molar refractivity (Wildman–Crippen MR) is 174 cm³/mol. The molecule has 6 atom stereocenters. The molecule has 4 aliphatic rings. The molecule has 2 N–H and O–H groups in total. The third-order valence-electron chi connectivity index (χ3n) is 10.1. The molecular weight excluding hydrogens is 662 g/mol. The number of carbonyl (C=O) groups excluding carboxylic acids is 4. The molecule has 2 aliphatic carbocycles. The smallest absolute Gasteiger partial charge is 0.258 e. The van der Waals surface area contributed by atoms with E-state index in [2.05, 4.69) is 0 Å². The number of carbonyl (C=O) groups is 4. The van der Waals surface area contributed by atoms with Crippen molar-refractivity contribution in [3.8, 4) is 11.5 Å². The number of imide groups is 2. The number of hydrogen-bond donors (Lipinski definition) is 2. The van der Waals surface area contributed by atoms with E-state index >= 15 is 0 Å². The van der Waals surface area contributed by atoms with Gasteiger partial charge in [0.15, 0.2) is 9.75 Å². The molecule has 7 rings (SSSR count). The van der Waals surface area contributed by atoms with E-state index in [1.165, 1.54) is 17.0 Å². The van der Waals surface area contributed by atoms with Crippen molar-refractivity contribution in [3.05, 3.63) is 101 Å². The van der Waals surface area contributed by atoms with Crippen LogP contribution in [0, 0.1) is 23.6 Å². The first-order valence-electron chi connectivity index (χ1n) is 15.7. The van der Waals surface area contributed by atoms with Crippen molar-refractivity contribution in [1.29, 1.82) is 0 Å². The van der Waals surface area contributed by atoms with Gasteiger partial charge < -0.3 is 14.9 Å². The first-order chi connectivity index (χ1) is 23.0. The zero-order valence-corrected chi connectivity index (χ0v) is 27.0. The van der Waals surface area contributed by atoms with E-state index in [1.807, 2.05) is 6.08 Å². The minimum Gasteiger partial charge on any atom is -0.508 e. The Morgan fingerprint density at radius 1 is 0.875 bits per heavy atom. The minimum atomic E-state index is -2.03. The van der Waals surface area contributed by atoms with Gasteiger partial charge in [-0.1, -0.05) is 35.9 Å². The summed E-state index contributed by atoms with van der Waals surface area (Å²) in [6.07, 6.45) is 2.31. The summed E-state index contributed by atoms with van der Waals surface area (Å²) >= 11 is 14.8. The quantitative estimate of drug-likeness (QED) is 0.199. The second kappa shape index (κ2) is 12.0. The van der Waals surface area contributed by atoms with Gasteiger partial charge in [0.2, 0.25) is 11.8 Å². The molecule has 3 aromatic carbocycles. The Labute approximate surface area is 285 Å². The summed E-state index contributed by atoms with van der Waals surface area (Å²) in [6.45, 7) is 0.0232. The molecule has 12 heteroatoms. The maximum Gasteiger partial charge on any atom is 0.258 e. The fourth-order valence-corrected chi connectivity index (χ4v) is 8.82. The molecule has 9 nitrogen and oxygen atoms in total. The van der Waals surface area contributed by atoms with E-state index in [4.69, 9.17) is 27.9 Å². The number of fused-ring (bicyclic) bond motifs is 4. The lowest BCUT2D eigenvalue weighted by Crippen LogP contribution is -2.60. The van der Waals surface area contributed by atoms with Crippen LogP contribution in [0.5, 0.6) is 11.5 Å². The summed E-state index contributed by atoms with van der Waals surface area (Å²) in [5, 5.41) is 18.8. The highest BCUT2D eigenvalue weighted by molar-refractivity contribution is 6.58. The topological polar surface area (TPSA) is 124 Å². The molecule has 2 aliphatic heterocycles. The monoisotopic (exact) mass is 692 g/mol. The highest BCUT2D eigenvalue weighted by atomic mass is 35.5. The minimum absolute atomic E-state index is 0.0717. The van der Waals surface area contributed by atoms with Crippen LogP contribution in [-0.2, 0) is 25.6 Å². The average molecular weight is 694 g/mol. The summed E-state index contributed by atoms with van der Waals surface area (Å²) in [4.78, 5) is 54.7. The second-order valence-electron chi connectivity index (χ2n) is 12.6. The Hall–Kier alpha value is -4.25. The molecule has 0 aromatic heterocycles. The number of likely N-dealkylation sites (tertiary alicyclic amines) is 1. The SMILES string of the molecule is O=C1C2CC=C3C(CC4(Cl)C(=O)N(c5ccc(F)cc5)C(=O)C4(Cl)C3c3ccc(OCCO)cc3)C2C(=O)N1CCc1ccc(O)cc1. The highest BCUT2D eigenvalue weighted by Crippen LogP contribution is 2.65. The summed E-state index contributed by atoms with van der Waals surface area (Å²) in [6, 6.07) is 18.1. The molecule has 48 heavy (non-hydrogen) atoms. The fourth-order valence-electron chi connectivity index (χ4n) is 7.88.